The zero-order chi connectivity index (χ0) is 20.3. The summed E-state index contributed by atoms with van der Waals surface area (Å²) in [5.41, 5.74) is 6.36. The van der Waals surface area contributed by atoms with Crippen LogP contribution >= 0.6 is 0 Å². The summed E-state index contributed by atoms with van der Waals surface area (Å²) in [7, 11) is 1.93. The molecule has 1 aliphatic heterocycles. The van der Waals surface area contributed by atoms with Gasteiger partial charge in [0.1, 0.15) is 11.8 Å². The number of likely N-dealkylation sites (tertiary alicyclic amines) is 1. The van der Waals surface area contributed by atoms with Crippen molar-refractivity contribution in [3.63, 3.8) is 0 Å². The van der Waals surface area contributed by atoms with Gasteiger partial charge in [-0.3, -0.25) is 9.89 Å². The Morgan fingerprint density at radius 1 is 1.32 bits per heavy atom. The topological polar surface area (TPSA) is 89.7 Å². The lowest BCUT2D eigenvalue weighted by molar-refractivity contribution is -0.130. The molecule has 150 valence electrons. The highest BCUT2D eigenvalue weighted by molar-refractivity contribution is 6.00. The Kier molecular flexibility index (Phi) is 5.96. The van der Waals surface area contributed by atoms with Gasteiger partial charge in [-0.1, -0.05) is 0 Å². The number of halogens is 1. The maximum atomic E-state index is 12.6. The van der Waals surface area contributed by atoms with E-state index in [2.05, 4.69) is 32.4 Å². The minimum Gasteiger partial charge on any atom is -0.387 e. The van der Waals surface area contributed by atoms with Gasteiger partial charge in [-0.15, -0.1) is 0 Å². The minimum atomic E-state index is -0.794. The lowest BCUT2D eigenvalue weighted by atomic mass is 10.0. The number of nitrogens with one attached hydrogen (secondary N) is 3. The summed E-state index contributed by atoms with van der Waals surface area (Å²) in [5, 5.41) is 11.5. The van der Waals surface area contributed by atoms with E-state index >= 15 is 0 Å². The third-order valence-corrected chi connectivity index (χ3v) is 5.08. The number of aromatic amines is 2. The van der Waals surface area contributed by atoms with Crippen LogP contribution in [0.5, 0.6) is 0 Å². The van der Waals surface area contributed by atoms with E-state index in [9.17, 15) is 9.18 Å². The van der Waals surface area contributed by atoms with Crippen molar-refractivity contribution >= 4 is 22.6 Å². The quantitative estimate of drug-likeness (QED) is 0.628. The Morgan fingerprint density at radius 3 is 2.68 bits per heavy atom. The van der Waals surface area contributed by atoms with E-state index in [-0.39, 0.29) is 5.91 Å². The van der Waals surface area contributed by atoms with Gasteiger partial charge in [-0.2, -0.15) is 5.10 Å². The fourth-order valence-electron chi connectivity index (χ4n) is 3.55. The molecule has 0 spiro atoms. The van der Waals surface area contributed by atoms with Gasteiger partial charge in [0.25, 0.3) is 0 Å². The number of amides is 1. The fourth-order valence-corrected chi connectivity index (χ4v) is 3.55. The second-order valence-electron chi connectivity index (χ2n) is 7.11. The standard InChI is InChI=1S/C13H15N5.C7H12FNO/c1-7-4-15-13-11(7)12(14-3)10(5-16-13)9-6-17-18-8(9)2;1-6(10)9-4-2-3-7(8)5-9/h4-6H,1-3H3,(H,17,18)(H2,14,15,16);7H,2-5H2,1H3. The van der Waals surface area contributed by atoms with Crippen LogP contribution in [0.15, 0.2) is 18.6 Å². The molecule has 0 aliphatic carbocycles. The molecule has 0 aromatic carbocycles. The zero-order valence-electron chi connectivity index (χ0n) is 16.8. The first-order valence-electron chi connectivity index (χ1n) is 9.46. The van der Waals surface area contributed by atoms with Gasteiger partial charge in [0.2, 0.25) is 5.91 Å². The fraction of sp³-hybridized carbons (Fsp3) is 0.450. The molecule has 0 saturated carbocycles. The van der Waals surface area contributed by atoms with Crippen molar-refractivity contribution < 1.29 is 9.18 Å². The van der Waals surface area contributed by atoms with Crippen LogP contribution in [0.4, 0.5) is 10.1 Å². The Hall–Kier alpha value is -2.90. The zero-order valence-corrected chi connectivity index (χ0v) is 16.8. The molecular formula is C20H27FN6O. The van der Waals surface area contributed by atoms with Gasteiger partial charge in [-0.05, 0) is 32.3 Å². The maximum Gasteiger partial charge on any atom is 0.219 e. The SMILES string of the molecule is CC(=O)N1CCCC(F)C1.CNc1c(-c2cn[nH]c2C)cnc2[nH]cc(C)c12. The van der Waals surface area contributed by atoms with Gasteiger partial charge in [0, 0.05) is 55.1 Å². The Labute approximate surface area is 163 Å². The molecule has 0 bridgehead atoms. The van der Waals surface area contributed by atoms with Gasteiger partial charge in [0.15, 0.2) is 0 Å². The van der Waals surface area contributed by atoms with Crippen molar-refractivity contribution in [1.82, 2.24) is 25.1 Å². The Balaban J connectivity index is 0.000000192. The molecule has 28 heavy (non-hydrogen) atoms. The largest absolute Gasteiger partial charge is 0.387 e. The minimum absolute atomic E-state index is 0.0117. The highest BCUT2D eigenvalue weighted by Crippen LogP contribution is 2.35. The van der Waals surface area contributed by atoms with Crippen LogP contribution in [-0.4, -0.2) is 57.3 Å². The van der Waals surface area contributed by atoms with E-state index in [0.29, 0.717) is 13.0 Å². The van der Waals surface area contributed by atoms with E-state index in [1.165, 1.54) is 12.5 Å². The molecule has 1 saturated heterocycles. The van der Waals surface area contributed by atoms with Crippen molar-refractivity contribution in [2.24, 2.45) is 0 Å². The molecular weight excluding hydrogens is 359 g/mol. The normalized spacial score (nSPS) is 16.6. The van der Waals surface area contributed by atoms with Gasteiger partial charge < -0.3 is 15.2 Å². The van der Waals surface area contributed by atoms with Crippen LogP contribution in [0, 0.1) is 13.8 Å². The number of rotatable bonds is 2. The lowest BCUT2D eigenvalue weighted by Crippen LogP contribution is -2.39. The van der Waals surface area contributed by atoms with Crippen LogP contribution in [-0.2, 0) is 4.79 Å². The number of H-pyrrole nitrogens is 2. The summed E-state index contributed by atoms with van der Waals surface area (Å²) in [5.74, 6) is -0.0117. The number of pyridine rings is 1. The van der Waals surface area contributed by atoms with Crippen LogP contribution < -0.4 is 5.32 Å². The van der Waals surface area contributed by atoms with Gasteiger partial charge in [-0.25, -0.2) is 9.37 Å². The van der Waals surface area contributed by atoms with E-state index in [4.69, 9.17) is 0 Å². The average molecular weight is 386 g/mol. The molecule has 1 atom stereocenters. The summed E-state index contributed by atoms with van der Waals surface area (Å²) in [6, 6.07) is 0. The number of hydrogen-bond acceptors (Lipinski definition) is 4. The second-order valence-corrected chi connectivity index (χ2v) is 7.11. The summed E-state index contributed by atoms with van der Waals surface area (Å²) in [6.07, 6.45) is 6.32. The molecule has 4 heterocycles. The number of carbonyl (C=O) groups excluding carboxylic acids is 1. The summed E-state index contributed by atoms with van der Waals surface area (Å²) in [6.45, 7) is 6.60. The molecule has 0 radical (unpaired) electrons. The van der Waals surface area contributed by atoms with Crippen molar-refractivity contribution in [2.75, 3.05) is 25.5 Å². The van der Waals surface area contributed by atoms with Crippen LogP contribution in [0.3, 0.4) is 0 Å². The molecule has 1 unspecified atom stereocenters. The molecule has 3 N–H and O–H groups in total. The van der Waals surface area contributed by atoms with E-state index in [1.807, 2.05) is 32.6 Å². The predicted octanol–water partition coefficient (Wildman–Crippen LogP) is 3.58. The number of anilines is 1. The van der Waals surface area contributed by atoms with Crippen LogP contribution in [0.25, 0.3) is 22.2 Å². The molecule has 7 nitrogen and oxygen atoms in total. The number of fused-ring (bicyclic) bond motifs is 1. The first-order chi connectivity index (χ1) is 13.4. The van der Waals surface area contributed by atoms with E-state index < -0.39 is 6.17 Å². The van der Waals surface area contributed by atoms with Crippen LogP contribution in [0.2, 0.25) is 0 Å². The molecule has 1 amide bonds. The molecule has 3 aromatic heterocycles. The predicted molar refractivity (Wildman–Crippen MR) is 109 cm³/mol. The number of nitrogens with zero attached hydrogens (tertiary/aromatic N) is 3. The summed E-state index contributed by atoms with van der Waals surface area (Å²) >= 11 is 0. The number of hydrogen-bond donors (Lipinski definition) is 3. The first kappa shape index (κ1) is 19.9. The molecule has 4 rings (SSSR count). The number of alkyl halides is 1. The number of aromatic nitrogens is 4. The van der Waals surface area contributed by atoms with Gasteiger partial charge in [0.05, 0.1) is 18.4 Å². The first-order valence-corrected chi connectivity index (χ1v) is 9.46. The highest BCUT2D eigenvalue weighted by atomic mass is 19.1. The Morgan fingerprint density at radius 2 is 2.11 bits per heavy atom. The smallest absolute Gasteiger partial charge is 0.219 e. The van der Waals surface area contributed by atoms with Crippen molar-refractivity contribution in [3.8, 4) is 11.1 Å². The highest BCUT2D eigenvalue weighted by Gasteiger charge is 2.20. The van der Waals surface area contributed by atoms with Crippen molar-refractivity contribution in [3.05, 3.63) is 29.8 Å². The van der Waals surface area contributed by atoms with Crippen molar-refractivity contribution in [1.29, 1.82) is 0 Å². The van der Waals surface area contributed by atoms with E-state index in [1.54, 1.807) is 4.90 Å². The summed E-state index contributed by atoms with van der Waals surface area (Å²) < 4.78 is 12.6. The monoisotopic (exact) mass is 386 g/mol. The third kappa shape index (κ3) is 4.00. The molecule has 1 aliphatic rings. The number of piperidine rings is 1. The molecule has 8 heteroatoms. The molecule has 1 fully saturated rings. The third-order valence-electron chi connectivity index (χ3n) is 5.08. The Bertz CT molecular complexity index is 963. The van der Waals surface area contributed by atoms with Crippen LogP contribution in [0.1, 0.15) is 31.0 Å². The lowest BCUT2D eigenvalue weighted by Gasteiger charge is -2.27. The van der Waals surface area contributed by atoms with Crippen molar-refractivity contribution in [2.45, 2.75) is 39.8 Å². The number of carbonyl (C=O) groups is 1. The van der Waals surface area contributed by atoms with E-state index in [0.717, 1.165) is 46.5 Å². The second kappa shape index (κ2) is 8.41. The van der Waals surface area contributed by atoms with Gasteiger partial charge >= 0.3 is 0 Å². The maximum absolute atomic E-state index is 12.6. The number of aryl methyl sites for hydroxylation is 2. The molecule has 3 aromatic rings. The summed E-state index contributed by atoms with van der Waals surface area (Å²) in [4.78, 5) is 19.9. The average Bonchev–Trinajstić information content (AvgIpc) is 3.27.